The first kappa shape index (κ1) is 27.6. The highest BCUT2D eigenvalue weighted by molar-refractivity contribution is 7.80. The van der Waals surface area contributed by atoms with E-state index in [4.69, 9.17) is 12.2 Å². The zero-order chi connectivity index (χ0) is 27.8. The van der Waals surface area contributed by atoms with Crippen molar-refractivity contribution < 1.29 is 18.3 Å². The Labute approximate surface area is 230 Å². The maximum Gasteiger partial charge on any atom is 0.387 e. The summed E-state index contributed by atoms with van der Waals surface area (Å²) in [5, 5.41) is 13.3. The molecule has 0 radical (unpaired) electrons. The molecule has 1 heterocycles. The number of benzene rings is 3. The first-order chi connectivity index (χ1) is 18.8. The summed E-state index contributed by atoms with van der Waals surface area (Å²) in [7, 11) is 0. The summed E-state index contributed by atoms with van der Waals surface area (Å²) in [5.41, 5.74) is 5.46. The monoisotopic (exact) mass is 550 g/mol. The highest BCUT2D eigenvalue weighted by Gasteiger charge is 2.10. The number of thiocarbonyl (C=S) groups is 1. The number of halogens is 2. The molecular weight excluding hydrogens is 522 g/mol. The number of nitrogens with zero attached hydrogens (tertiary/aromatic N) is 3. The summed E-state index contributed by atoms with van der Waals surface area (Å²) < 4.78 is 30.6. The number of hydrogen-bond acceptors (Lipinski definition) is 5. The molecule has 0 saturated heterocycles. The molecule has 0 atom stereocenters. The minimum atomic E-state index is -2.88. The fraction of sp³-hybridized carbons (Fsp3) is 0.214. The van der Waals surface area contributed by atoms with Gasteiger partial charge < -0.3 is 15.4 Å². The van der Waals surface area contributed by atoms with Crippen LogP contribution in [-0.4, -0.2) is 32.5 Å². The van der Waals surface area contributed by atoms with Gasteiger partial charge in [0.2, 0.25) is 0 Å². The summed E-state index contributed by atoms with van der Waals surface area (Å²) in [6.07, 6.45) is 3.45. The van der Waals surface area contributed by atoms with Gasteiger partial charge in [0.15, 0.2) is 10.9 Å². The van der Waals surface area contributed by atoms with E-state index in [-0.39, 0.29) is 10.9 Å². The number of hydrogen-bond donors (Lipinski definition) is 3. The molecule has 0 saturated carbocycles. The number of anilines is 1. The van der Waals surface area contributed by atoms with E-state index in [9.17, 15) is 13.6 Å². The lowest BCUT2D eigenvalue weighted by Gasteiger charge is -2.14. The lowest BCUT2D eigenvalue weighted by Crippen LogP contribution is -2.41. The van der Waals surface area contributed by atoms with Crippen molar-refractivity contribution in [3.8, 4) is 22.8 Å². The first-order valence-corrected chi connectivity index (χ1v) is 12.7. The molecule has 0 spiro atoms. The van der Waals surface area contributed by atoms with Gasteiger partial charge in [-0.15, -0.1) is 5.10 Å². The lowest BCUT2D eigenvalue weighted by molar-refractivity contribution is -0.0498. The van der Waals surface area contributed by atoms with Crippen LogP contribution >= 0.6 is 12.2 Å². The number of carbonyl (C=O) groups is 1. The van der Waals surface area contributed by atoms with Crippen molar-refractivity contribution in [2.24, 2.45) is 0 Å². The molecular formula is C28H28F2N6O2S. The molecule has 39 heavy (non-hydrogen) atoms. The van der Waals surface area contributed by atoms with Crippen LogP contribution in [0.4, 0.5) is 19.3 Å². The molecule has 0 aliphatic carbocycles. The maximum atomic E-state index is 12.4. The van der Waals surface area contributed by atoms with Crippen molar-refractivity contribution in [3.63, 3.8) is 0 Å². The van der Waals surface area contributed by atoms with Crippen molar-refractivity contribution in [2.75, 3.05) is 5.32 Å². The number of rotatable bonds is 9. The maximum absolute atomic E-state index is 12.4. The van der Waals surface area contributed by atoms with E-state index >= 15 is 0 Å². The minimum Gasteiger partial charge on any atom is -0.435 e. The van der Waals surface area contributed by atoms with Crippen LogP contribution in [0.25, 0.3) is 17.1 Å². The molecule has 8 nitrogen and oxygen atoms in total. The van der Waals surface area contributed by atoms with E-state index in [1.807, 2.05) is 37.3 Å². The normalized spacial score (nSPS) is 10.8. The summed E-state index contributed by atoms with van der Waals surface area (Å²) in [6, 6.07) is 19.3. The lowest BCUT2D eigenvalue weighted by atomic mass is 10.1. The van der Waals surface area contributed by atoms with Gasteiger partial charge in [0, 0.05) is 17.8 Å². The average molecular weight is 551 g/mol. The van der Waals surface area contributed by atoms with E-state index in [1.54, 1.807) is 16.8 Å². The van der Waals surface area contributed by atoms with Crippen molar-refractivity contribution in [3.05, 3.63) is 89.7 Å². The van der Waals surface area contributed by atoms with E-state index in [1.165, 1.54) is 18.5 Å². The number of ether oxygens (including phenoxy) is 1. The molecule has 0 aliphatic rings. The molecule has 3 N–H and O–H groups in total. The predicted molar refractivity (Wildman–Crippen MR) is 150 cm³/mol. The standard InChI is InChI=1S/C28H28F2N6O2S/c1-3-4-20-8-5-18(2)15-24(20)33-28(39)34-27(37)31-16-19-6-9-21(10-7-19)25-32-17-36(35-25)22-11-13-23(14-12-22)38-26(29)30/h5-15,17,26H,3-4,16H2,1-2H3,(H3,31,33,34,37,39). The van der Waals surface area contributed by atoms with Crippen molar-refractivity contribution in [1.82, 2.24) is 25.4 Å². The smallest absolute Gasteiger partial charge is 0.387 e. The van der Waals surface area contributed by atoms with Crippen LogP contribution in [0.1, 0.15) is 30.0 Å². The topological polar surface area (TPSA) is 93.1 Å². The number of aromatic nitrogens is 3. The van der Waals surface area contributed by atoms with Crippen LogP contribution in [0.15, 0.2) is 73.1 Å². The second-order valence-corrected chi connectivity index (χ2v) is 9.16. The van der Waals surface area contributed by atoms with Gasteiger partial charge in [-0.25, -0.2) is 14.5 Å². The number of carbonyl (C=O) groups excluding carboxylic acids is 1. The second kappa shape index (κ2) is 12.9. The van der Waals surface area contributed by atoms with Gasteiger partial charge in [-0.3, -0.25) is 5.32 Å². The molecule has 4 rings (SSSR count). The van der Waals surface area contributed by atoms with Gasteiger partial charge >= 0.3 is 12.6 Å². The quantitative estimate of drug-likeness (QED) is 0.222. The van der Waals surface area contributed by atoms with E-state index < -0.39 is 12.6 Å². The number of nitrogens with one attached hydrogen (secondary N) is 3. The van der Waals surface area contributed by atoms with Gasteiger partial charge in [-0.1, -0.05) is 49.7 Å². The average Bonchev–Trinajstić information content (AvgIpc) is 3.40. The first-order valence-electron chi connectivity index (χ1n) is 12.3. The van der Waals surface area contributed by atoms with Gasteiger partial charge in [-0.05, 0) is 72.6 Å². The molecule has 0 unspecified atom stereocenters. The summed E-state index contributed by atoms with van der Waals surface area (Å²) in [4.78, 5) is 16.7. The Balaban J connectivity index is 1.29. The Kier molecular flexibility index (Phi) is 9.16. The number of amides is 2. The van der Waals surface area contributed by atoms with Crippen LogP contribution in [-0.2, 0) is 13.0 Å². The molecule has 202 valence electrons. The fourth-order valence-corrected chi connectivity index (χ4v) is 4.05. The minimum absolute atomic E-state index is 0.0671. The predicted octanol–water partition coefficient (Wildman–Crippen LogP) is 5.99. The highest BCUT2D eigenvalue weighted by Crippen LogP contribution is 2.21. The molecule has 2 amide bonds. The third-order valence-electron chi connectivity index (χ3n) is 5.74. The summed E-state index contributed by atoms with van der Waals surface area (Å²) >= 11 is 5.33. The van der Waals surface area contributed by atoms with Crippen LogP contribution in [0.3, 0.4) is 0 Å². The molecule has 0 fully saturated rings. The zero-order valence-corrected chi connectivity index (χ0v) is 22.3. The van der Waals surface area contributed by atoms with Gasteiger partial charge in [-0.2, -0.15) is 8.78 Å². The Hall–Kier alpha value is -4.38. The largest absolute Gasteiger partial charge is 0.435 e. The van der Waals surface area contributed by atoms with E-state index in [0.29, 0.717) is 18.1 Å². The summed E-state index contributed by atoms with van der Waals surface area (Å²) in [5.74, 6) is 0.563. The fourth-order valence-electron chi connectivity index (χ4n) is 3.85. The summed E-state index contributed by atoms with van der Waals surface area (Å²) in [6.45, 7) is 1.54. The number of alkyl halides is 2. The van der Waals surface area contributed by atoms with Crippen molar-refractivity contribution in [1.29, 1.82) is 0 Å². The Morgan fingerprint density at radius 2 is 1.82 bits per heavy atom. The molecule has 1 aromatic heterocycles. The molecule has 0 bridgehead atoms. The van der Waals surface area contributed by atoms with Crippen molar-refractivity contribution in [2.45, 2.75) is 39.8 Å². The molecule has 3 aromatic carbocycles. The van der Waals surface area contributed by atoms with E-state index in [0.717, 1.165) is 40.8 Å². The Bertz CT molecular complexity index is 1430. The van der Waals surface area contributed by atoms with Crippen LogP contribution in [0.5, 0.6) is 5.75 Å². The van der Waals surface area contributed by atoms with Crippen LogP contribution < -0.4 is 20.7 Å². The van der Waals surface area contributed by atoms with E-state index in [2.05, 4.69) is 49.8 Å². The van der Waals surface area contributed by atoms with Gasteiger partial charge in [0.1, 0.15) is 12.1 Å². The SMILES string of the molecule is CCCc1ccc(C)cc1NC(=S)NC(=O)NCc1ccc(-c2ncn(-c3ccc(OC(F)F)cc3)n2)cc1. The second-order valence-electron chi connectivity index (χ2n) is 8.75. The highest BCUT2D eigenvalue weighted by atomic mass is 32.1. The Morgan fingerprint density at radius 1 is 1.08 bits per heavy atom. The van der Waals surface area contributed by atoms with Crippen LogP contribution in [0, 0.1) is 6.92 Å². The van der Waals surface area contributed by atoms with Gasteiger partial charge in [0.05, 0.1) is 5.69 Å². The zero-order valence-electron chi connectivity index (χ0n) is 21.4. The third-order valence-corrected chi connectivity index (χ3v) is 5.95. The van der Waals surface area contributed by atoms with Crippen LogP contribution in [0.2, 0.25) is 0 Å². The third kappa shape index (κ3) is 7.81. The molecule has 4 aromatic rings. The number of urea groups is 1. The Morgan fingerprint density at radius 3 is 2.51 bits per heavy atom. The molecule has 0 aliphatic heterocycles. The molecule has 11 heteroatoms. The number of aryl methyl sites for hydroxylation is 2. The van der Waals surface area contributed by atoms with Gasteiger partial charge in [0.25, 0.3) is 0 Å². The van der Waals surface area contributed by atoms with Crippen molar-refractivity contribution >= 4 is 29.0 Å².